The molecule has 4 rings (SSSR count). The Balaban J connectivity index is 1.84. The van der Waals surface area contributed by atoms with E-state index in [1.807, 2.05) is 82.3 Å². The third-order valence-corrected chi connectivity index (χ3v) is 9.69. The van der Waals surface area contributed by atoms with Crippen LogP contribution in [0, 0.1) is 6.92 Å². The molecule has 0 radical (unpaired) electrons. The smallest absolute Gasteiger partial charge is 0.264 e. The van der Waals surface area contributed by atoms with Crippen molar-refractivity contribution in [1.29, 1.82) is 0 Å². The predicted molar refractivity (Wildman–Crippen MR) is 182 cm³/mol. The number of carbonyl (C=O) groups excluding carboxylic acids is 2. The van der Waals surface area contributed by atoms with Crippen LogP contribution in [0.5, 0.6) is 5.75 Å². The van der Waals surface area contributed by atoms with Gasteiger partial charge in [0.2, 0.25) is 11.8 Å². The molecule has 0 unspecified atom stereocenters. The van der Waals surface area contributed by atoms with Gasteiger partial charge in [-0.05, 0) is 68.1 Å². The normalized spacial score (nSPS) is 12.5. The van der Waals surface area contributed by atoms with Crippen LogP contribution in [0.3, 0.4) is 0 Å². The summed E-state index contributed by atoms with van der Waals surface area (Å²) in [5.74, 6) is -0.486. The molecule has 0 bridgehead atoms. The van der Waals surface area contributed by atoms with Gasteiger partial charge < -0.3 is 15.0 Å². The molecule has 0 spiro atoms. The van der Waals surface area contributed by atoms with E-state index < -0.39 is 28.5 Å². The summed E-state index contributed by atoms with van der Waals surface area (Å²) < 4.78 is 35.4. The highest BCUT2D eigenvalue weighted by Gasteiger charge is 2.36. The number of aryl methyl sites for hydroxylation is 1. The van der Waals surface area contributed by atoms with Crippen LogP contribution in [-0.4, -0.2) is 50.4 Å². The van der Waals surface area contributed by atoms with Crippen LogP contribution in [0.1, 0.15) is 43.9 Å². The molecule has 1 N–H and O–H groups in total. The Morgan fingerprint density at radius 3 is 2.09 bits per heavy atom. The van der Waals surface area contributed by atoms with Gasteiger partial charge in [-0.3, -0.25) is 13.9 Å². The average molecular weight is 642 g/mol. The number of hydrogen-bond acceptors (Lipinski definition) is 5. The van der Waals surface area contributed by atoms with Crippen molar-refractivity contribution in [2.75, 3.05) is 17.5 Å². The molecule has 0 aliphatic rings. The number of sulfonamides is 1. The van der Waals surface area contributed by atoms with Gasteiger partial charge in [0.05, 0.1) is 17.2 Å². The van der Waals surface area contributed by atoms with Gasteiger partial charge in [-0.2, -0.15) is 0 Å². The second-order valence-electron chi connectivity index (χ2n) is 11.2. The van der Waals surface area contributed by atoms with E-state index in [-0.39, 0.29) is 35.5 Å². The van der Waals surface area contributed by atoms with E-state index >= 15 is 0 Å². The van der Waals surface area contributed by atoms with Gasteiger partial charge in [-0.15, -0.1) is 0 Å². The molecule has 0 heterocycles. The zero-order chi connectivity index (χ0) is 33.1. The van der Waals surface area contributed by atoms with E-state index in [9.17, 15) is 18.0 Å². The first-order chi connectivity index (χ1) is 22.1. The lowest BCUT2D eigenvalue weighted by Gasteiger charge is -2.35. The maximum Gasteiger partial charge on any atom is 0.264 e. The molecular formula is C37H43N3O5S. The van der Waals surface area contributed by atoms with Gasteiger partial charge in [0.15, 0.2) is 0 Å². The molecule has 0 aliphatic heterocycles. The minimum atomic E-state index is -4.23. The minimum absolute atomic E-state index is 0.0369. The molecule has 242 valence electrons. The van der Waals surface area contributed by atoms with Crippen molar-refractivity contribution < 1.29 is 22.7 Å². The average Bonchev–Trinajstić information content (AvgIpc) is 3.07. The summed E-state index contributed by atoms with van der Waals surface area (Å²) in [6, 6.07) is 31.0. The van der Waals surface area contributed by atoms with E-state index in [1.165, 1.54) is 17.0 Å². The van der Waals surface area contributed by atoms with E-state index in [2.05, 4.69) is 5.32 Å². The van der Waals surface area contributed by atoms with Crippen LogP contribution in [0.2, 0.25) is 0 Å². The van der Waals surface area contributed by atoms with Crippen molar-refractivity contribution in [3.63, 3.8) is 0 Å². The van der Waals surface area contributed by atoms with Crippen molar-refractivity contribution in [2.45, 2.75) is 64.1 Å². The number of benzene rings is 4. The van der Waals surface area contributed by atoms with Crippen molar-refractivity contribution in [1.82, 2.24) is 10.2 Å². The molecular weight excluding hydrogens is 598 g/mol. The van der Waals surface area contributed by atoms with Gasteiger partial charge in [-0.25, -0.2) is 8.42 Å². The molecule has 2 amide bonds. The minimum Gasteiger partial charge on any atom is -0.492 e. The Labute approximate surface area is 273 Å². The fraction of sp³-hybridized carbons (Fsp3) is 0.297. The van der Waals surface area contributed by atoms with E-state index in [4.69, 9.17) is 4.74 Å². The lowest BCUT2D eigenvalue weighted by Crippen LogP contribution is -2.54. The first-order valence-electron chi connectivity index (χ1n) is 15.6. The van der Waals surface area contributed by atoms with Crippen molar-refractivity contribution in [2.24, 2.45) is 0 Å². The molecule has 0 aromatic heterocycles. The van der Waals surface area contributed by atoms with Crippen LogP contribution in [0.15, 0.2) is 114 Å². The number of ether oxygens (including phenoxy) is 1. The zero-order valence-corrected chi connectivity index (χ0v) is 27.7. The Morgan fingerprint density at radius 1 is 0.826 bits per heavy atom. The zero-order valence-electron chi connectivity index (χ0n) is 26.9. The highest BCUT2D eigenvalue weighted by molar-refractivity contribution is 7.92. The Bertz CT molecular complexity index is 1700. The maximum absolute atomic E-state index is 14.7. The highest BCUT2D eigenvalue weighted by atomic mass is 32.2. The molecule has 46 heavy (non-hydrogen) atoms. The summed E-state index contributed by atoms with van der Waals surface area (Å²) in [6.07, 6.45) is 0.967. The molecule has 4 aromatic rings. The second-order valence-corrected chi connectivity index (χ2v) is 13.1. The third kappa shape index (κ3) is 8.54. The number of hydrogen-bond donors (Lipinski definition) is 1. The van der Waals surface area contributed by atoms with Gasteiger partial charge in [0, 0.05) is 19.0 Å². The maximum atomic E-state index is 14.7. The number of anilines is 1. The number of amides is 2. The highest BCUT2D eigenvalue weighted by Crippen LogP contribution is 2.33. The summed E-state index contributed by atoms with van der Waals surface area (Å²) in [6.45, 7) is 7.54. The number of nitrogens with zero attached hydrogens (tertiary/aromatic N) is 2. The summed E-state index contributed by atoms with van der Waals surface area (Å²) in [5.41, 5.74) is 2.93. The number of nitrogens with one attached hydrogen (secondary N) is 1. The Kier molecular flexibility index (Phi) is 12.0. The van der Waals surface area contributed by atoms with Crippen molar-refractivity contribution in [3.8, 4) is 5.75 Å². The predicted octanol–water partition coefficient (Wildman–Crippen LogP) is 6.14. The summed E-state index contributed by atoms with van der Waals surface area (Å²) in [4.78, 5) is 30.2. The fourth-order valence-electron chi connectivity index (χ4n) is 5.14. The fourth-order valence-corrected chi connectivity index (χ4v) is 6.59. The van der Waals surface area contributed by atoms with Crippen LogP contribution in [0.25, 0.3) is 0 Å². The largest absolute Gasteiger partial charge is 0.492 e. The molecule has 0 saturated heterocycles. The number of carbonyl (C=O) groups is 2. The Hall–Kier alpha value is -4.63. The van der Waals surface area contributed by atoms with E-state index in [0.29, 0.717) is 18.8 Å². The van der Waals surface area contributed by atoms with Gasteiger partial charge >= 0.3 is 0 Å². The standard InChI is InChI=1S/C37H43N3O5S/c1-5-29(4)38-37(42)34(25-30-18-9-7-10-19-30)39(26-31-20-14-13-17-28(31)3)36(41)27-40(33-23-15-16-24-35(33)45-6-2)46(43,44)32-21-11-8-12-22-32/h7-24,29,34H,5-6,25-27H2,1-4H3,(H,38,42)/t29-,34-/m0/s1. The van der Waals surface area contributed by atoms with Gasteiger partial charge in [0.25, 0.3) is 10.0 Å². The lowest BCUT2D eigenvalue weighted by atomic mass is 10.0. The first kappa shape index (κ1) is 34.2. The monoisotopic (exact) mass is 641 g/mol. The molecule has 2 atom stereocenters. The topological polar surface area (TPSA) is 96.0 Å². The SMILES string of the molecule is CCOc1ccccc1N(CC(=O)N(Cc1ccccc1C)[C@@H](Cc1ccccc1)C(=O)N[C@@H](C)CC)S(=O)(=O)c1ccccc1. The summed E-state index contributed by atoms with van der Waals surface area (Å²) >= 11 is 0. The summed E-state index contributed by atoms with van der Waals surface area (Å²) in [7, 11) is -4.23. The van der Waals surface area contributed by atoms with Gasteiger partial charge in [0.1, 0.15) is 18.3 Å². The molecule has 8 nitrogen and oxygen atoms in total. The van der Waals surface area contributed by atoms with Crippen molar-refractivity contribution in [3.05, 3.63) is 126 Å². The molecule has 0 fully saturated rings. The summed E-state index contributed by atoms with van der Waals surface area (Å²) in [5, 5.41) is 3.07. The molecule has 0 saturated carbocycles. The Morgan fingerprint density at radius 2 is 1.43 bits per heavy atom. The molecule has 4 aromatic carbocycles. The van der Waals surface area contributed by atoms with Crippen LogP contribution >= 0.6 is 0 Å². The van der Waals surface area contributed by atoms with Crippen LogP contribution < -0.4 is 14.4 Å². The first-order valence-corrected chi connectivity index (χ1v) is 17.1. The lowest BCUT2D eigenvalue weighted by molar-refractivity contribution is -0.140. The van der Waals surface area contributed by atoms with Crippen LogP contribution in [-0.2, 0) is 32.6 Å². The number of para-hydroxylation sites is 2. The van der Waals surface area contributed by atoms with E-state index in [0.717, 1.165) is 21.0 Å². The number of rotatable bonds is 15. The molecule has 9 heteroatoms. The van der Waals surface area contributed by atoms with Gasteiger partial charge in [-0.1, -0.05) is 91.9 Å². The third-order valence-electron chi connectivity index (χ3n) is 7.92. The van der Waals surface area contributed by atoms with E-state index in [1.54, 1.807) is 42.5 Å². The van der Waals surface area contributed by atoms with Crippen LogP contribution in [0.4, 0.5) is 5.69 Å². The second kappa shape index (κ2) is 16.1. The molecule has 0 aliphatic carbocycles. The van der Waals surface area contributed by atoms with Crippen molar-refractivity contribution >= 4 is 27.5 Å². The quantitative estimate of drug-likeness (QED) is 0.168.